The molecule has 0 saturated heterocycles. The van der Waals surface area contributed by atoms with Crippen LogP contribution in [0.1, 0.15) is 44.7 Å². The third-order valence-electron chi connectivity index (χ3n) is 5.87. The van der Waals surface area contributed by atoms with Gasteiger partial charge in [-0.05, 0) is 71.3 Å². The van der Waals surface area contributed by atoms with Crippen molar-refractivity contribution in [3.8, 4) is 17.2 Å². The molecule has 1 radical (unpaired) electrons. The fourth-order valence-corrected chi connectivity index (χ4v) is 3.78. The van der Waals surface area contributed by atoms with E-state index < -0.39 is 5.41 Å². The smallest absolute Gasteiger partial charge is 0.314 e. The van der Waals surface area contributed by atoms with Gasteiger partial charge in [-0.3, -0.25) is 4.79 Å². The zero-order valence-electron chi connectivity index (χ0n) is 21.4. The van der Waals surface area contributed by atoms with E-state index in [2.05, 4.69) is 24.1 Å². The molecule has 0 aliphatic carbocycles. The molecule has 34 heavy (non-hydrogen) atoms. The fourth-order valence-electron chi connectivity index (χ4n) is 3.78. The Balaban J connectivity index is 0.00000578. The number of esters is 1. The van der Waals surface area contributed by atoms with E-state index in [1.165, 1.54) is 5.56 Å². The van der Waals surface area contributed by atoms with Crippen LogP contribution in [-0.2, 0) is 38.1 Å². The number of hydrogen-bond acceptors (Lipinski definition) is 6. The number of nitrogens with zero attached hydrogens (tertiary/aromatic N) is 1. The first-order chi connectivity index (χ1) is 15.7. The van der Waals surface area contributed by atoms with Gasteiger partial charge in [-0.1, -0.05) is 6.07 Å². The Morgan fingerprint density at radius 1 is 1.03 bits per heavy atom. The first-order valence-electron chi connectivity index (χ1n) is 11.4. The Morgan fingerprint density at radius 2 is 1.74 bits per heavy atom. The third kappa shape index (κ3) is 8.22. The van der Waals surface area contributed by atoms with Crippen molar-refractivity contribution in [2.75, 3.05) is 41.5 Å². The van der Waals surface area contributed by atoms with Crippen LogP contribution in [0.3, 0.4) is 0 Å². The normalized spacial score (nSPS) is 12.6. The summed E-state index contributed by atoms with van der Waals surface area (Å²) in [5.41, 5.74) is 1.32. The van der Waals surface area contributed by atoms with E-state index in [0.717, 1.165) is 43.0 Å². The van der Waals surface area contributed by atoms with E-state index in [-0.39, 0.29) is 28.9 Å². The standard InChI is InChI=1S/C27H38NO5.Co/c1-20(2)33-26(29)27(3,22-10-8-11-23(19-22)30-5)15-9-16-28(4)17-14-21-12-13-24(31-6)25(18-21)32-7;/h8,10,12-13,18-20H,9,14-17H2,1-7H3;/q-1;. The predicted octanol–water partition coefficient (Wildman–Crippen LogP) is 4.67. The van der Waals surface area contributed by atoms with Crippen LogP contribution in [0.2, 0.25) is 0 Å². The van der Waals surface area contributed by atoms with Crippen molar-refractivity contribution in [3.63, 3.8) is 0 Å². The average Bonchev–Trinajstić information content (AvgIpc) is 2.81. The summed E-state index contributed by atoms with van der Waals surface area (Å²) < 4.78 is 21.7. The number of rotatable bonds is 13. The van der Waals surface area contributed by atoms with E-state index in [4.69, 9.17) is 18.9 Å². The number of carbonyl (C=O) groups is 1. The SMILES string of the molecule is COc1[c-]ccc(C(C)(CCCN(C)CCc2ccc(OC)c(OC)c2)C(=O)OC(C)C)c1.[Co]. The zero-order chi connectivity index (χ0) is 24.4. The summed E-state index contributed by atoms with van der Waals surface area (Å²) >= 11 is 0. The molecule has 2 aromatic carbocycles. The summed E-state index contributed by atoms with van der Waals surface area (Å²) in [6.07, 6.45) is 2.26. The summed E-state index contributed by atoms with van der Waals surface area (Å²) in [4.78, 5) is 15.3. The fraction of sp³-hybridized carbons (Fsp3) is 0.519. The van der Waals surface area contributed by atoms with Crippen molar-refractivity contribution in [2.45, 2.75) is 51.6 Å². The number of ether oxygens (including phenoxy) is 4. The van der Waals surface area contributed by atoms with E-state index in [0.29, 0.717) is 12.2 Å². The molecule has 2 aromatic rings. The Bertz CT molecular complexity index is 904. The van der Waals surface area contributed by atoms with Crippen LogP contribution >= 0.6 is 0 Å². The van der Waals surface area contributed by atoms with Gasteiger partial charge in [-0.25, -0.2) is 0 Å². The van der Waals surface area contributed by atoms with E-state index in [1.54, 1.807) is 27.4 Å². The molecular weight excluding hydrogens is 477 g/mol. The molecule has 0 fully saturated rings. The monoisotopic (exact) mass is 515 g/mol. The third-order valence-corrected chi connectivity index (χ3v) is 5.87. The number of likely N-dealkylation sites (N-methyl/N-ethyl adjacent to an activating group) is 1. The minimum Gasteiger partial charge on any atom is -0.523 e. The zero-order valence-corrected chi connectivity index (χ0v) is 22.4. The van der Waals surface area contributed by atoms with Crippen LogP contribution in [0.5, 0.6) is 17.2 Å². The molecule has 1 unspecified atom stereocenters. The molecule has 0 spiro atoms. The molecule has 2 rings (SSSR count). The molecular formula is C27H38CoNO5-. The predicted molar refractivity (Wildman–Crippen MR) is 130 cm³/mol. The first kappa shape index (κ1) is 29.8. The maximum atomic E-state index is 13.1. The largest absolute Gasteiger partial charge is 0.523 e. The Hall–Kier alpha value is -2.22. The molecule has 0 aliphatic rings. The summed E-state index contributed by atoms with van der Waals surface area (Å²) in [6, 6.07) is 14.6. The van der Waals surface area contributed by atoms with E-state index >= 15 is 0 Å². The summed E-state index contributed by atoms with van der Waals surface area (Å²) in [5, 5.41) is 0. The van der Waals surface area contributed by atoms with Crippen LogP contribution < -0.4 is 14.2 Å². The Labute approximate surface area is 215 Å². The maximum Gasteiger partial charge on any atom is 0.314 e. The first-order valence-corrected chi connectivity index (χ1v) is 11.4. The molecule has 6 nitrogen and oxygen atoms in total. The maximum absolute atomic E-state index is 13.1. The number of benzene rings is 2. The molecule has 191 valence electrons. The quantitative estimate of drug-likeness (QED) is 0.285. The second-order valence-corrected chi connectivity index (χ2v) is 8.78. The van der Waals surface area contributed by atoms with Crippen LogP contribution in [0, 0.1) is 6.07 Å². The average molecular weight is 516 g/mol. The summed E-state index contributed by atoms with van der Waals surface area (Å²) in [7, 11) is 6.99. The van der Waals surface area contributed by atoms with Crippen molar-refractivity contribution < 1.29 is 40.5 Å². The second-order valence-electron chi connectivity index (χ2n) is 8.78. The van der Waals surface area contributed by atoms with Gasteiger partial charge in [-0.2, -0.15) is 12.1 Å². The van der Waals surface area contributed by atoms with Crippen LogP contribution in [-0.4, -0.2) is 58.4 Å². The van der Waals surface area contributed by atoms with Gasteiger partial charge in [0.2, 0.25) is 0 Å². The van der Waals surface area contributed by atoms with Crippen molar-refractivity contribution >= 4 is 5.97 Å². The van der Waals surface area contributed by atoms with Crippen molar-refractivity contribution in [3.05, 3.63) is 53.6 Å². The van der Waals surface area contributed by atoms with E-state index in [9.17, 15) is 4.79 Å². The van der Waals surface area contributed by atoms with Gasteiger partial charge in [0.05, 0.1) is 32.8 Å². The molecule has 1 atom stereocenters. The van der Waals surface area contributed by atoms with Crippen molar-refractivity contribution in [1.82, 2.24) is 4.90 Å². The second kappa shape index (κ2) is 14.2. The van der Waals surface area contributed by atoms with E-state index in [1.807, 2.05) is 45.0 Å². The van der Waals surface area contributed by atoms with Crippen LogP contribution in [0.25, 0.3) is 0 Å². The molecule has 0 heterocycles. The van der Waals surface area contributed by atoms with Crippen LogP contribution in [0.15, 0.2) is 36.4 Å². The molecule has 0 N–H and O–H groups in total. The summed E-state index contributed by atoms with van der Waals surface area (Å²) in [6.45, 7) is 7.47. The van der Waals surface area contributed by atoms with Crippen molar-refractivity contribution in [1.29, 1.82) is 0 Å². The van der Waals surface area contributed by atoms with Crippen molar-refractivity contribution in [2.24, 2.45) is 0 Å². The molecule has 0 saturated carbocycles. The van der Waals surface area contributed by atoms with Gasteiger partial charge in [0.15, 0.2) is 11.5 Å². The number of carbonyl (C=O) groups excluding carboxylic acids is 1. The Kier molecular flexibility index (Phi) is 12.5. The number of methoxy groups -OCH3 is 3. The number of hydrogen-bond donors (Lipinski definition) is 0. The van der Waals surface area contributed by atoms with Gasteiger partial charge < -0.3 is 23.8 Å². The topological polar surface area (TPSA) is 57.2 Å². The summed E-state index contributed by atoms with van der Waals surface area (Å²) in [5.74, 6) is 1.88. The molecule has 7 heteroatoms. The molecule has 0 aromatic heterocycles. The molecule has 0 aliphatic heterocycles. The van der Waals surface area contributed by atoms with Gasteiger partial charge >= 0.3 is 5.97 Å². The van der Waals surface area contributed by atoms with Crippen LogP contribution in [0.4, 0.5) is 0 Å². The van der Waals surface area contributed by atoms with Gasteiger partial charge in [-0.15, -0.1) is 17.7 Å². The van der Waals surface area contributed by atoms with Gasteiger partial charge in [0.1, 0.15) is 0 Å². The minimum atomic E-state index is -0.753. The van der Waals surface area contributed by atoms with Gasteiger partial charge in [0, 0.05) is 29.1 Å². The minimum absolute atomic E-state index is 0. The molecule has 0 bridgehead atoms. The Morgan fingerprint density at radius 3 is 2.35 bits per heavy atom. The van der Waals surface area contributed by atoms with Gasteiger partial charge in [0.25, 0.3) is 0 Å². The molecule has 0 amide bonds.